The number of nitrogens with one attached hydrogen (secondary N) is 2. The standard InChI is InChI=1S/C16H13BrN4O2/c1-23-11-6-4-5-10(9-11)14-15(16(22)21-19-14)20-18-13-8-3-2-7-12(13)17/h2-9H,1H3,(H2,19,21,22). The molecule has 0 unspecified atom stereocenters. The van der Waals surface area contributed by atoms with Gasteiger partial charge in [-0.25, -0.2) is 0 Å². The first kappa shape index (κ1) is 15.2. The lowest BCUT2D eigenvalue weighted by Gasteiger charge is -2.03. The Balaban J connectivity index is 2.02. The van der Waals surface area contributed by atoms with Crippen LogP contribution in [0.25, 0.3) is 11.3 Å². The Hall–Kier alpha value is -2.67. The molecule has 116 valence electrons. The zero-order chi connectivity index (χ0) is 16.2. The van der Waals surface area contributed by atoms with Gasteiger partial charge in [0.1, 0.15) is 5.75 Å². The Kier molecular flexibility index (Phi) is 4.38. The van der Waals surface area contributed by atoms with E-state index < -0.39 is 0 Å². The average molecular weight is 373 g/mol. The van der Waals surface area contributed by atoms with Crippen LogP contribution in [0.5, 0.6) is 5.75 Å². The van der Waals surface area contributed by atoms with Crippen molar-refractivity contribution in [1.82, 2.24) is 10.2 Å². The largest absolute Gasteiger partial charge is 0.497 e. The molecule has 3 rings (SSSR count). The lowest BCUT2D eigenvalue weighted by Crippen LogP contribution is -1.96. The van der Waals surface area contributed by atoms with E-state index in [0.717, 1.165) is 10.0 Å². The van der Waals surface area contributed by atoms with Gasteiger partial charge in [0.25, 0.3) is 5.56 Å². The summed E-state index contributed by atoms with van der Waals surface area (Å²) in [5.41, 5.74) is 1.87. The lowest BCUT2D eigenvalue weighted by atomic mass is 10.1. The fourth-order valence-corrected chi connectivity index (χ4v) is 2.43. The number of aromatic amines is 2. The van der Waals surface area contributed by atoms with Gasteiger partial charge in [-0.1, -0.05) is 24.3 Å². The number of methoxy groups -OCH3 is 1. The SMILES string of the molecule is COc1cccc(-c2[nH][nH]c(=O)c2N=Nc2ccccc2Br)c1. The Morgan fingerprint density at radius 2 is 1.87 bits per heavy atom. The zero-order valence-electron chi connectivity index (χ0n) is 12.2. The summed E-state index contributed by atoms with van der Waals surface area (Å²) in [6.07, 6.45) is 0. The van der Waals surface area contributed by atoms with Crippen molar-refractivity contribution in [2.24, 2.45) is 10.2 Å². The van der Waals surface area contributed by atoms with Crippen LogP contribution in [0.15, 0.2) is 68.0 Å². The number of aromatic nitrogens is 2. The third kappa shape index (κ3) is 3.24. The lowest BCUT2D eigenvalue weighted by molar-refractivity contribution is 0.415. The van der Waals surface area contributed by atoms with E-state index in [-0.39, 0.29) is 11.2 Å². The Bertz CT molecular complexity index is 914. The summed E-state index contributed by atoms with van der Waals surface area (Å²) in [7, 11) is 1.59. The molecule has 0 aliphatic heterocycles. The maximum Gasteiger partial charge on any atom is 0.292 e. The second-order valence-electron chi connectivity index (χ2n) is 4.69. The highest BCUT2D eigenvalue weighted by Crippen LogP contribution is 2.30. The summed E-state index contributed by atoms with van der Waals surface area (Å²) < 4.78 is 6.01. The highest BCUT2D eigenvalue weighted by Gasteiger charge is 2.12. The van der Waals surface area contributed by atoms with Gasteiger partial charge >= 0.3 is 0 Å². The van der Waals surface area contributed by atoms with Crippen LogP contribution in [-0.2, 0) is 0 Å². The molecule has 23 heavy (non-hydrogen) atoms. The number of rotatable bonds is 4. The first-order chi connectivity index (χ1) is 11.2. The number of halogens is 1. The maximum atomic E-state index is 12.0. The molecule has 0 aliphatic rings. The Morgan fingerprint density at radius 3 is 2.65 bits per heavy atom. The normalized spacial score (nSPS) is 11.0. The van der Waals surface area contributed by atoms with Crippen LogP contribution in [-0.4, -0.2) is 17.3 Å². The van der Waals surface area contributed by atoms with Crippen molar-refractivity contribution in [3.05, 3.63) is 63.4 Å². The quantitative estimate of drug-likeness (QED) is 0.658. The fourth-order valence-electron chi connectivity index (χ4n) is 2.07. The zero-order valence-corrected chi connectivity index (χ0v) is 13.8. The summed E-state index contributed by atoms with van der Waals surface area (Å²) in [5.74, 6) is 0.693. The van der Waals surface area contributed by atoms with E-state index in [1.54, 1.807) is 13.2 Å². The average Bonchev–Trinajstić information content (AvgIpc) is 2.95. The van der Waals surface area contributed by atoms with Crippen molar-refractivity contribution < 1.29 is 4.74 Å². The van der Waals surface area contributed by atoms with Gasteiger partial charge in [0.05, 0.1) is 18.5 Å². The number of benzene rings is 2. The first-order valence-electron chi connectivity index (χ1n) is 6.80. The van der Waals surface area contributed by atoms with Gasteiger partial charge in [0, 0.05) is 10.0 Å². The molecule has 0 fully saturated rings. The van der Waals surface area contributed by atoms with E-state index in [1.165, 1.54) is 0 Å². The molecule has 0 aliphatic carbocycles. The molecule has 2 N–H and O–H groups in total. The van der Waals surface area contributed by atoms with E-state index in [9.17, 15) is 4.79 Å². The molecule has 0 spiro atoms. The molecule has 0 radical (unpaired) electrons. The molecule has 1 aromatic heterocycles. The fraction of sp³-hybridized carbons (Fsp3) is 0.0625. The number of hydrogen-bond donors (Lipinski definition) is 2. The van der Waals surface area contributed by atoms with Gasteiger partial charge in [0.2, 0.25) is 0 Å². The van der Waals surface area contributed by atoms with Crippen LogP contribution in [0.1, 0.15) is 0 Å². The van der Waals surface area contributed by atoms with E-state index in [2.05, 4.69) is 36.4 Å². The van der Waals surface area contributed by atoms with Crippen molar-refractivity contribution in [2.75, 3.05) is 7.11 Å². The second-order valence-corrected chi connectivity index (χ2v) is 5.54. The predicted octanol–water partition coefficient (Wildman–Crippen LogP) is 4.56. The topological polar surface area (TPSA) is 82.6 Å². The molecule has 2 aromatic carbocycles. The van der Waals surface area contributed by atoms with Gasteiger partial charge in [-0.05, 0) is 40.2 Å². The minimum atomic E-state index is -0.335. The number of hydrogen-bond acceptors (Lipinski definition) is 4. The Labute approximate surface area is 140 Å². The van der Waals surface area contributed by atoms with Gasteiger partial charge < -0.3 is 4.74 Å². The summed E-state index contributed by atoms with van der Waals surface area (Å²) in [5, 5.41) is 13.6. The van der Waals surface area contributed by atoms with Crippen LogP contribution in [0.3, 0.4) is 0 Å². The van der Waals surface area contributed by atoms with Crippen LogP contribution >= 0.6 is 15.9 Å². The summed E-state index contributed by atoms with van der Waals surface area (Å²) >= 11 is 3.40. The summed E-state index contributed by atoms with van der Waals surface area (Å²) in [6.45, 7) is 0. The van der Waals surface area contributed by atoms with Crippen LogP contribution in [0.2, 0.25) is 0 Å². The van der Waals surface area contributed by atoms with Crippen molar-refractivity contribution in [3.63, 3.8) is 0 Å². The predicted molar refractivity (Wildman–Crippen MR) is 91.7 cm³/mol. The molecule has 0 atom stereocenters. The molecule has 0 saturated heterocycles. The van der Waals surface area contributed by atoms with Gasteiger partial charge in [-0.15, -0.1) is 10.2 Å². The molecule has 7 heteroatoms. The Morgan fingerprint density at radius 1 is 1.04 bits per heavy atom. The number of ether oxygens (including phenoxy) is 1. The monoisotopic (exact) mass is 372 g/mol. The summed E-state index contributed by atoms with van der Waals surface area (Å²) in [6, 6.07) is 14.7. The van der Waals surface area contributed by atoms with Crippen molar-refractivity contribution in [1.29, 1.82) is 0 Å². The molecule has 3 aromatic rings. The van der Waals surface area contributed by atoms with Gasteiger partial charge in [0.15, 0.2) is 5.69 Å². The van der Waals surface area contributed by atoms with E-state index >= 15 is 0 Å². The molecule has 0 bridgehead atoms. The van der Waals surface area contributed by atoms with Crippen molar-refractivity contribution >= 4 is 27.3 Å². The molecular weight excluding hydrogens is 360 g/mol. The highest BCUT2D eigenvalue weighted by atomic mass is 79.9. The first-order valence-corrected chi connectivity index (χ1v) is 7.59. The van der Waals surface area contributed by atoms with Gasteiger partial charge in [-0.3, -0.25) is 15.0 Å². The van der Waals surface area contributed by atoms with Crippen molar-refractivity contribution in [2.45, 2.75) is 0 Å². The molecule has 1 heterocycles. The van der Waals surface area contributed by atoms with Gasteiger partial charge in [-0.2, -0.15) is 0 Å². The third-order valence-corrected chi connectivity index (χ3v) is 3.89. The molecular formula is C16H13BrN4O2. The second kappa shape index (κ2) is 6.62. The minimum Gasteiger partial charge on any atom is -0.497 e. The summed E-state index contributed by atoms with van der Waals surface area (Å²) in [4.78, 5) is 12.0. The number of azo groups is 1. The molecule has 0 amide bonds. The molecule has 6 nitrogen and oxygen atoms in total. The minimum absolute atomic E-state index is 0.217. The smallest absolute Gasteiger partial charge is 0.292 e. The third-order valence-electron chi connectivity index (χ3n) is 3.22. The van der Waals surface area contributed by atoms with Crippen LogP contribution in [0.4, 0.5) is 11.4 Å². The van der Waals surface area contributed by atoms with E-state index in [4.69, 9.17) is 4.74 Å². The molecule has 0 saturated carbocycles. The van der Waals surface area contributed by atoms with Crippen molar-refractivity contribution in [3.8, 4) is 17.0 Å². The highest BCUT2D eigenvalue weighted by molar-refractivity contribution is 9.10. The number of H-pyrrole nitrogens is 2. The van der Waals surface area contributed by atoms with Crippen LogP contribution in [0, 0.1) is 0 Å². The number of nitrogens with zero attached hydrogens (tertiary/aromatic N) is 2. The van der Waals surface area contributed by atoms with E-state index in [1.807, 2.05) is 42.5 Å². The maximum absolute atomic E-state index is 12.0. The van der Waals surface area contributed by atoms with Crippen LogP contribution < -0.4 is 10.3 Å². The van der Waals surface area contributed by atoms with E-state index in [0.29, 0.717) is 17.1 Å².